The summed E-state index contributed by atoms with van der Waals surface area (Å²) in [6.45, 7) is 0. The molecule has 0 aliphatic carbocycles. The van der Waals surface area contributed by atoms with E-state index >= 15 is 0 Å². The molecule has 6 heavy (non-hydrogen) atoms. The lowest BCUT2D eigenvalue weighted by molar-refractivity contribution is 2.33. The van der Waals surface area contributed by atoms with Crippen molar-refractivity contribution in [3.8, 4) is 0 Å². The molecule has 4 heteroatoms. The van der Waals surface area contributed by atoms with Gasteiger partial charge in [-0.2, -0.15) is 0 Å². The molecule has 0 amide bonds. The minimum Gasteiger partial charge on any atom is -0.103 e. The summed E-state index contributed by atoms with van der Waals surface area (Å²) in [5, 5.41) is 0. The van der Waals surface area contributed by atoms with Gasteiger partial charge in [0.1, 0.15) is 0 Å². The Bertz CT molecular complexity index is 32.5. The van der Waals surface area contributed by atoms with Crippen molar-refractivity contribution in [1.29, 1.82) is 0 Å². The highest BCUT2D eigenvalue weighted by Gasteiger charge is 2.23. The number of rotatable bonds is 1. The van der Waals surface area contributed by atoms with Crippen molar-refractivity contribution in [1.82, 2.24) is 0 Å². The molecule has 0 heterocycles. The molecule has 0 rings (SSSR count). The Hall–Kier alpha value is 0.995. The average molecular weight is 144 g/mol. The Kier molecular flexibility index (Phi) is 3.56. The van der Waals surface area contributed by atoms with Crippen LogP contribution in [0.4, 0.5) is 0 Å². The molecule has 0 aliphatic heterocycles. The highest BCUT2D eigenvalue weighted by atomic mass is 35.5. The van der Waals surface area contributed by atoms with Crippen molar-refractivity contribution in [3.63, 3.8) is 0 Å². The summed E-state index contributed by atoms with van der Waals surface area (Å²) in [7, 11) is 0.164. The lowest BCUT2D eigenvalue weighted by Gasteiger charge is -1.85. The van der Waals surface area contributed by atoms with Crippen LogP contribution in [0, 0.1) is 0 Å². The third-order valence-electron chi connectivity index (χ3n) is 0.356. The molecule has 0 aliphatic rings. The van der Waals surface area contributed by atoms with Crippen LogP contribution in [-0.2, 0) is 10.7 Å². The quantitative estimate of drug-likeness (QED) is 0.384. The van der Waals surface area contributed by atoms with E-state index in [4.69, 9.17) is 22.9 Å². The van der Waals surface area contributed by atoms with Crippen LogP contribution in [0.3, 0.4) is 0 Å². The Balaban J connectivity index is 2.99. The van der Waals surface area contributed by atoms with E-state index in [9.17, 15) is 0 Å². The molecule has 0 saturated carbocycles. The highest BCUT2D eigenvalue weighted by molar-refractivity contribution is 8.30. The molecular formula is C2H6BCl2S+. The molecule has 0 N–H and O–H groups in total. The zero-order valence-corrected chi connectivity index (χ0v) is 6.07. The molecule has 0 saturated heterocycles. The fraction of sp³-hybridized carbons (Fsp3) is 1.00. The maximum Gasteiger partial charge on any atom is 0.623 e. The van der Waals surface area contributed by atoms with Gasteiger partial charge in [0.15, 0.2) is 0 Å². The van der Waals surface area contributed by atoms with Gasteiger partial charge in [0.25, 0.3) is 0 Å². The first kappa shape index (κ1) is 6.99. The summed E-state index contributed by atoms with van der Waals surface area (Å²) in [5.41, 5.74) is 0. The summed E-state index contributed by atoms with van der Waals surface area (Å²) in [6, 6.07) is 0. The molecule has 0 nitrogen and oxygen atoms in total. The van der Waals surface area contributed by atoms with Crippen LogP contribution in [0.1, 0.15) is 0 Å². The van der Waals surface area contributed by atoms with Crippen LogP contribution in [0.25, 0.3) is 0 Å². The molecule has 36 valence electrons. The molecule has 0 aromatic carbocycles. The van der Waals surface area contributed by atoms with Crippen molar-refractivity contribution >= 4 is 38.5 Å². The largest absolute Gasteiger partial charge is 0.623 e. The van der Waals surface area contributed by atoms with Gasteiger partial charge in [-0.1, -0.05) is 10.7 Å². The molecule has 0 spiro atoms. The van der Waals surface area contributed by atoms with Crippen LogP contribution in [0.5, 0.6) is 0 Å². The predicted molar refractivity (Wildman–Crippen MR) is 36.7 cm³/mol. The van der Waals surface area contributed by atoms with Gasteiger partial charge < -0.3 is 0 Å². The predicted octanol–water partition coefficient (Wildman–Crippen LogP) is 1.33. The molecule has 0 aromatic heterocycles. The van der Waals surface area contributed by atoms with Gasteiger partial charge in [-0.3, -0.25) is 0 Å². The number of hydrogen-bond donors (Lipinski definition) is 0. The smallest absolute Gasteiger partial charge is 0.103 e. The Labute approximate surface area is 51.4 Å². The van der Waals surface area contributed by atoms with Gasteiger partial charge in [-0.05, 0) is 0 Å². The van der Waals surface area contributed by atoms with Gasteiger partial charge in [0.05, 0.1) is 12.5 Å². The molecule has 0 atom stereocenters. The first-order valence-electron chi connectivity index (χ1n) is 1.49. The van der Waals surface area contributed by atoms with Crippen LogP contribution in [-0.4, -0.2) is 17.3 Å². The SMILES string of the molecule is C[S+](C)B(Cl)Cl. The topological polar surface area (TPSA) is 0 Å². The van der Waals surface area contributed by atoms with Crippen molar-refractivity contribution in [2.24, 2.45) is 0 Å². The molecular weight excluding hydrogens is 138 g/mol. The van der Waals surface area contributed by atoms with Gasteiger partial charge >= 0.3 is 4.82 Å². The van der Waals surface area contributed by atoms with E-state index in [1.807, 2.05) is 12.5 Å². The second kappa shape index (κ2) is 3.06. The molecule has 0 radical (unpaired) electrons. The minimum atomic E-state index is -0.176. The Morgan fingerprint density at radius 2 is 1.50 bits per heavy atom. The lowest BCUT2D eigenvalue weighted by Crippen LogP contribution is -2.08. The van der Waals surface area contributed by atoms with Gasteiger partial charge in [0.2, 0.25) is 0 Å². The fourth-order valence-corrected chi connectivity index (χ4v) is 0. The van der Waals surface area contributed by atoms with E-state index in [0.717, 1.165) is 0 Å². The van der Waals surface area contributed by atoms with E-state index in [-0.39, 0.29) is 15.6 Å². The maximum atomic E-state index is 5.39. The van der Waals surface area contributed by atoms with Crippen LogP contribution in [0.2, 0.25) is 0 Å². The zero-order chi connectivity index (χ0) is 5.15. The number of hydrogen-bond acceptors (Lipinski definition) is 0. The van der Waals surface area contributed by atoms with Gasteiger partial charge in [-0.25, -0.2) is 0 Å². The third kappa shape index (κ3) is 3.20. The monoisotopic (exact) mass is 143 g/mol. The molecule has 0 unspecified atom stereocenters. The maximum absolute atomic E-state index is 5.39. The van der Waals surface area contributed by atoms with E-state index < -0.39 is 0 Å². The first-order valence-corrected chi connectivity index (χ1v) is 4.47. The van der Waals surface area contributed by atoms with Crippen molar-refractivity contribution in [3.05, 3.63) is 0 Å². The van der Waals surface area contributed by atoms with Gasteiger partial charge in [0, 0.05) is 0 Å². The standard InChI is InChI=1S/C2H6BCl2S/c1-6(2)3(4)5/h1-2H3/q+1. The molecule has 0 aromatic rings. The number of halogens is 2. The summed E-state index contributed by atoms with van der Waals surface area (Å²) in [5.74, 6) is 0. The first-order chi connectivity index (χ1) is 2.64. The van der Waals surface area contributed by atoms with Crippen LogP contribution in [0.15, 0.2) is 0 Å². The summed E-state index contributed by atoms with van der Waals surface area (Å²) in [6.07, 6.45) is 4.01. The highest BCUT2D eigenvalue weighted by Crippen LogP contribution is 2.02. The van der Waals surface area contributed by atoms with Crippen molar-refractivity contribution in [2.45, 2.75) is 0 Å². The summed E-state index contributed by atoms with van der Waals surface area (Å²) in [4.78, 5) is -0.176. The van der Waals surface area contributed by atoms with Crippen LogP contribution < -0.4 is 0 Å². The van der Waals surface area contributed by atoms with E-state index in [1.54, 1.807) is 0 Å². The average Bonchev–Trinajstić information content (AvgIpc) is 1.36. The van der Waals surface area contributed by atoms with Gasteiger partial charge in [-0.15, -0.1) is 22.9 Å². The summed E-state index contributed by atoms with van der Waals surface area (Å²) < 4.78 is 0. The van der Waals surface area contributed by atoms with E-state index in [1.165, 1.54) is 0 Å². The van der Waals surface area contributed by atoms with Crippen LogP contribution >= 0.6 is 22.9 Å². The molecule has 0 bridgehead atoms. The fourth-order valence-electron chi connectivity index (χ4n) is 0. The Morgan fingerprint density at radius 1 is 1.33 bits per heavy atom. The minimum absolute atomic E-state index is 0.164. The summed E-state index contributed by atoms with van der Waals surface area (Å²) >= 11 is 10.8. The van der Waals surface area contributed by atoms with Crippen molar-refractivity contribution in [2.75, 3.05) is 12.5 Å². The lowest BCUT2D eigenvalue weighted by atomic mass is 10.7. The van der Waals surface area contributed by atoms with E-state index in [2.05, 4.69) is 0 Å². The second-order valence-electron chi connectivity index (χ2n) is 1.14. The Morgan fingerprint density at radius 3 is 1.50 bits per heavy atom. The van der Waals surface area contributed by atoms with Crippen molar-refractivity contribution < 1.29 is 0 Å². The second-order valence-corrected chi connectivity index (χ2v) is 4.98. The third-order valence-corrected chi connectivity index (χ3v) is 3.21. The molecule has 0 fully saturated rings. The normalized spacial score (nSPS) is 9.50. The van der Waals surface area contributed by atoms with E-state index in [0.29, 0.717) is 0 Å². The zero-order valence-electron chi connectivity index (χ0n) is 3.74.